The van der Waals surface area contributed by atoms with Gasteiger partial charge in [-0.1, -0.05) is 12.1 Å². The second-order valence-electron chi connectivity index (χ2n) is 5.33. The predicted molar refractivity (Wildman–Crippen MR) is 112 cm³/mol. The Morgan fingerprint density at radius 1 is 1.17 bits per heavy atom. The van der Waals surface area contributed by atoms with Crippen molar-refractivity contribution in [1.29, 1.82) is 0 Å². The van der Waals surface area contributed by atoms with E-state index in [0.717, 1.165) is 56.4 Å². The number of guanidine groups is 1. The van der Waals surface area contributed by atoms with Gasteiger partial charge >= 0.3 is 0 Å². The molecule has 0 heterocycles. The molecule has 5 nitrogen and oxygen atoms in total. The van der Waals surface area contributed by atoms with Gasteiger partial charge in [0, 0.05) is 26.3 Å². The first-order valence-electron chi connectivity index (χ1n) is 8.44. The average molecular weight is 449 g/mol. The molecule has 0 aliphatic rings. The predicted octanol–water partition coefficient (Wildman–Crippen LogP) is 3.49. The van der Waals surface area contributed by atoms with Crippen molar-refractivity contribution in [3.8, 4) is 5.75 Å². The highest BCUT2D eigenvalue weighted by Crippen LogP contribution is 2.18. The zero-order chi connectivity index (χ0) is 16.9. The van der Waals surface area contributed by atoms with Crippen molar-refractivity contribution < 1.29 is 9.47 Å². The van der Waals surface area contributed by atoms with Gasteiger partial charge in [-0.25, -0.2) is 4.99 Å². The molecule has 0 atom stereocenters. The molecule has 0 radical (unpaired) electrons. The second-order valence-corrected chi connectivity index (χ2v) is 5.33. The van der Waals surface area contributed by atoms with Gasteiger partial charge in [-0.05, 0) is 50.8 Å². The number of hydrogen-bond donors (Lipinski definition) is 2. The zero-order valence-corrected chi connectivity index (χ0v) is 17.7. The molecule has 0 bridgehead atoms. The normalized spacial score (nSPS) is 10.9. The summed E-state index contributed by atoms with van der Waals surface area (Å²) >= 11 is 0. The smallest absolute Gasteiger partial charge is 0.191 e. The van der Waals surface area contributed by atoms with E-state index < -0.39 is 0 Å². The number of rotatable bonds is 10. The molecule has 0 aliphatic heterocycles. The SMILES string of the molecule is CCNC(=NCc1ccc(OC)c(C)c1)NCCCCOCC.I. The monoisotopic (exact) mass is 449 g/mol. The maximum absolute atomic E-state index is 5.34. The summed E-state index contributed by atoms with van der Waals surface area (Å²) in [5.74, 6) is 1.77. The Balaban J connectivity index is 0.00000529. The van der Waals surface area contributed by atoms with Crippen molar-refractivity contribution in [3.05, 3.63) is 29.3 Å². The molecule has 0 spiro atoms. The molecule has 1 aromatic rings. The molecule has 138 valence electrons. The summed E-state index contributed by atoms with van der Waals surface area (Å²) in [6, 6.07) is 6.17. The van der Waals surface area contributed by atoms with Gasteiger partial charge in [-0.15, -0.1) is 24.0 Å². The van der Waals surface area contributed by atoms with Crippen LogP contribution in [0.5, 0.6) is 5.75 Å². The van der Waals surface area contributed by atoms with Gasteiger partial charge in [-0.3, -0.25) is 0 Å². The fourth-order valence-corrected chi connectivity index (χ4v) is 2.23. The third-order valence-corrected chi connectivity index (χ3v) is 3.44. The summed E-state index contributed by atoms with van der Waals surface area (Å²) in [4.78, 5) is 4.64. The first-order chi connectivity index (χ1) is 11.2. The molecule has 0 aliphatic carbocycles. The van der Waals surface area contributed by atoms with Crippen LogP contribution in [0, 0.1) is 6.92 Å². The topological polar surface area (TPSA) is 54.9 Å². The van der Waals surface area contributed by atoms with Crippen LogP contribution in [0.15, 0.2) is 23.2 Å². The Bertz CT molecular complexity index is 481. The minimum atomic E-state index is 0. The number of methoxy groups -OCH3 is 1. The van der Waals surface area contributed by atoms with Crippen molar-refractivity contribution >= 4 is 29.9 Å². The lowest BCUT2D eigenvalue weighted by Gasteiger charge is -2.12. The van der Waals surface area contributed by atoms with Crippen molar-refractivity contribution in [2.75, 3.05) is 33.4 Å². The molecule has 24 heavy (non-hydrogen) atoms. The molecule has 1 aromatic carbocycles. The molecule has 6 heteroatoms. The van der Waals surface area contributed by atoms with Gasteiger partial charge < -0.3 is 20.1 Å². The number of aliphatic imine (C=N–C) groups is 1. The van der Waals surface area contributed by atoms with E-state index in [2.05, 4.69) is 34.7 Å². The molecule has 0 amide bonds. The van der Waals surface area contributed by atoms with Crippen LogP contribution in [0.25, 0.3) is 0 Å². The van der Waals surface area contributed by atoms with Crippen LogP contribution in [0.4, 0.5) is 0 Å². The largest absolute Gasteiger partial charge is 0.496 e. The van der Waals surface area contributed by atoms with Crippen LogP contribution in [-0.4, -0.2) is 39.4 Å². The summed E-state index contributed by atoms with van der Waals surface area (Å²) in [5.41, 5.74) is 2.31. The molecule has 0 fully saturated rings. The highest BCUT2D eigenvalue weighted by atomic mass is 127. The molecule has 0 aromatic heterocycles. The van der Waals surface area contributed by atoms with Crippen molar-refractivity contribution in [3.63, 3.8) is 0 Å². The van der Waals surface area contributed by atoms with Gasteiger partial charge in [0.1, 0.15) is 5.75 Å². The van der Waals surface area contributed by atoms with Gasteiger partial charge in [0.15, 0.2) is 5.96 Å². The van der Waals surface area contributed by atoms with Crippen molar-refractivity contribution in [2.24, 2.45) is 4.99 Å². The van der Waals surface area contributed by atoms with Gasteiger partial charge in [0.25, 0.3) is 0 Å². The van der Waals surface area contributed by atoms with Crippen LogP contribution < -0.4 is 15.4 Å². The molecule has 1 rings (SSSR count). The third-order valence-electron chi connectivity index (χ3n) is 3.44. The minimum Gasteiger partial charge on any atom is -0.496 e. The summed E-state index contributed by atoms with van der Waals surface area (Å²) in [7, 11) is 1.69. The number of unbranched alkanes of at least 4 members (excludes halogenated alkanes) is 1. The second kappa shape index (κ2) is 14.3. The average Bonchev–Trinajstić information content (AvgIpc) is 2.55. The maximum Gasteiger partial charge on any atom is 0.191 e. The molecule has 0 saturated heterocycles. The number of benzene rings is 1. The number of nitrogens with zero attached hydrogens (tertiary/aromatic N) is 1. The van der Waals surface area contributed by atoms with Crippen LogP contribution >= 0.6 is 24.0 Å². The number of hydrogen-bond acceptors (Lipinski definition) is 3. The van der Waals surface area contributed by atoms with E-state index in [1.807, 2.05) is 19.9 Å². The van der Waals surface area contributed by atoms with Crippen molar-refractivity contribution in [1.82, 2.24) is 10.6 Å². The van der Waals surface area contributed by atoms with E-state index in [1.165, 1.54) is 5.56 Å². The van der Waals surface area contributed by atoms with Gasteiger partial charge in [0.2, 0.25) is 0 Å². The lowest BCUT2D eigenvalue weighted by Crippen LogP contribution is -2.37. The molecule has 2 N–H and O–H groups in total. The molecule has 0 unspecified atom stereocenters. The van der Waals surface area contributed by atoms with Gasteiger partial charge in [-0.2, -0.15) is 0 Å². The van der Waals surface area contributed by atoms with Crippen LogP contribution in [-0.2, 0) is 11.3 Å². The number of halogens is 1. The van der Waals surface area contributed by atoms with E-state index in [9.17, 15) is 0 Å². The highest BCUT2D eigenvalue weighted by molar-refractivity contribution is 14.0. The molecule has 0 saturated carbocycles. The fraction of sp³-hybridized carbons (Fsp3) is 0.611. The van der Waals surface area contributed by atoms with Crippen LogP contribution in [0.3, 0.4) is 0 Å². The standard InChI is InChI=1S/C18H31N3O2.HI/c1-5-19-18(20-11-7-8-12-23-6-2)21-14-16-9-10-17(22-4)15(3)13-16;/h9-10,13H,5-8,11-12,14H2,1-4H3,(H2,19,20,21);1H. The Morgan fingerprint density at radius 2 is 1.96 bits per heavy atom. The Hall–Kier alpha value is -1.02. The van der Waals surface area contributed by atoms with E-state index in [1.54, 1.807) is 7.11 Å². The summed E-state index contributed by atoms with van der Waals surface area (Å²) in [5, 5.41) is 6.64. The first-order valence-corrected chi connectivity index (χ1v) is 8.44. The van der Waals surface area contributed by atoms with E-state index >= 15 is 0 Å². The van der Waals surface area contributed by atoms with E-state index in [0.29, 0.717) is 6.54 Å². The van der Waals surface area contributed by atoms with Crippen LogP contribution in [0.2, 0.25) is 0 Å². The summed E-state index contributed by atoms with van der Waals surface area (Å²) < 4.78 is 10.6. The van der Waals surface area contributed by atoms with Gasteiger partial charge in [0.05, 0.1) is 13.7 Å². The summed E-state index contributed by atoms with van der Waals surface area (Å²) in [6.07, 6.45) is 2.14. The quantitative estimate of drug-likeness (QED) is 0.249. The minimum absolute atomic E-state index is 0. The number of nitrogens with one attached hydrogen (secondary N) is 2. The van der Waals surface area contributed by atoms with E-state index in [-0.39, 0.29) is 24.0 Å². The maximum atomic E-state index is 5.34. The third kappa shape index (κ3) is 9.32. The number of ether oxygens (including phenoxy) is 2. The molecular formula is C18H32IN3O2. The highest BCUT2D eigenvalue weighted by Gasteiger charge is 2.01. The lowest BCUT2D eigenvalue weighted by atomic mass is 10.1. The van der Waals surface area contributed by atoms with E-state index in [4.69, 9.17) is 9.47 Å². The molecular weight excluding hydrogens is 417 g/mol. The zero-order valence-electron chi connectivity index (χ0n) is 15.4. The number of aryl methyl sites for hydroxylation is 1. The first kappa shape index (κ1) is 23.0. The lowest BCUT2D eigenvalue weighted by molar-refractivity contribution is 0.143. The Kier molecular flexibility index (Phi) is 13.7. The Labute approximate surface area is 163 Å². The fourth-order valence-electron chi connectivity index (χ4n) is 2.23. The Morgan fingerprint density at radius 3 is 2.58 bits per heavy atom. The summed E-state index contributed by atoms with van der Waals surface area (Å²) in [6.45, 7) is 10.2. The van der Waals surface area contributed by atoms with Crippen molar-refractivity contribution in [2.45, 2.75) is 40.2 Å². The van der Waals surface area contributed by atoms with Crippen LogP contribution in [0.1, 0.15) is 37.8 Å².